The van der Waals surface area contributed by atoms with E-state index in [9.17, 15) is 4.79 Å². The molecule has 1 aromatic rings. The van der Waals surface area contributed by atoms with Gasteiger partial charge in [0.2, 0.25) is 0 Å². The monoisotopic (exact) mass is 317 g/mol. The average Bonchev–Trinajstić information content (AvgIpc) is 2.20. The van der Waals surface area contributed by atoms with Crippen molar-refractivity contribution < 1.29 is 4.79 Å². The molecule has 0 aromatic heterocycles. The number of carbonyl (C=O) groups is 1. The lowest BCUT2D eigenvalue weighted by molar-refractivity contribution is 0.0937. The predicted octanol–water partition coefficient (Wildman–Crippen LogP) is 3.89. The van der Waals surface area contributed by atoms with Crippen LogP contribution in [0.1, 0.15) is 36.2 Å². The van der Waals surface area contributed by atoms with Gasteiger partial charge in [0.15, 0.2) is 0 Å². The van der Waals surface area contributed by atoms with Gasteiger partial charge in [-0.3, -0.25) is 4.79 Å². The van der Waals surface area contributed by atoms with Gasteiger partial charge in [0.25, 0.3) is 5.91 Å². The molecule has 0 aliphatic carbocycles. The number of alkyl halides is 1. The molecule has 2 nitrogen and oxygen atoms in total. The third kappa shape index (κ3) is 4.68. The minimum Gasteiger partial charge on any atom is -0.349 e. The van der Waals surface area contributed by atoms with Crippen molar-refractivity contribution in [2.45, 2.75) is 38.6 Å². The van der Waals surface area contributed by atoms with E-state index in [4.69, 9.17) is 11.6 Å². The first-order valence-electron chi connectivity index (χ1n) is 5.61. The van der Waals surface area contributed by atoms with E-state index in [1.807, 2.05) is 39.0 Å². The van der Waals surface area contributed by atoms with E-state index in [2.05, 4.69) is 21.2 Å². The van der Waals surface area contributed by atoms with E-state index in [1.54, 1.807) is 0 Å². The fourth-order valence-corrected chi connectivity index (χ4v) is 2.35. The number of benzene rings is 1. The molecule has 1 aromatic carbocycles. The summed E-state index contributed by atoms with van der Waals surface area (Å²) in [6.45, 7) is 5.85. The molecule has 94 valence electrons. The first-order valence-corrected chi connectivity index (χ1v) is 6.84. The van der Waals surface area contributed by atoms with Gasteiger partial charge in [-0.1, -0.05) is 11.6 Å². The fraction of sp³-hybridized carbons (Fsp3) is 0.462. The van der Waals surface area contributed by atoms with Crippen molar-refractivity contribution in [1.82, 2.24) is 5.32 Å². The van der Waals surface area contributed by atoms with Crippen molar-refractivity contribution in [3.8, 4) is 0 Å². The molecule has 2 unspecified atom stereocenters. The Labute approximate surface area is 116 Å². The van der Waals surface area contributed by atoms with Crippen LogP contribution in [-0.2, 0) is 0 Å². The van der Waals surface area contributed by atoms with Gasteiger partial charge in [-0.15, -0.1) is 11.6 Å². The molecular weight excluding hydrogens is 302 g/mol. The molecular formula is C13H17BrClNO. The number of rotatable bonds is 4. The number of aryl methyl sites for hydroxylation is 1. The molecule has 0 bridgehead atoms. The van der Waals surface area contributed by atoms with Crippen LogP contribution in [0, 0.1) is 6.92 Å². The summed E-state index contributed by atoms with van der Waals surface area (Å²) < 4.78 is 0.812. The second-order valence-electron chi connectivity index (χ2n) is 4.37. The molecule has 0 saturated carbocycles. The van der Waals surface area contributed by atoms with Gasteiger partial charge < -0.3 is 5.32 Å². The second-order valence-corrected chi connectivity index (χ2v) is 5.97. The van der Waals surface area contributed by atoms with E-state index < -0.39 is 0 Å². The predicted molar refractivity (Wildman–Crippen MR) is 75.7 cm³/mol. The molecule has 2 atom stereocenters. The first kappa shape index (κ1) is 14.5. The molecule has 1 amide bonds. The average molecular weight is 319 g/mol. The smallest absolute Gasteiger partial charge is 0.252 e. The van der Waals surface area contributed by atoms with E-state index >= 15 is 0 Å². The van der Waals surface area contributed by atoms with Crippen LogP contribution in [0.3, 0.4) is 0 Å². The Kier molecular flexibility index (Phi) is 5.47. The van der Waals surface area contributed by atoms with Crippen molar-refractivity contribution in [3.63, 3.8) is 0 Å². The third-order valence-corrected chi connectivity index (χ3v) is 3.29. The molecule has 17 heavy (non-hydrogen) atoms. The van der Waals surface area contributed by atoms with E-state index in [1.165, 1.54) is 0 Å². The Hall–Kier alpha value is -0.540. The molecule has 1 N–H and O–H groups in total. The summed E-state index contributed by atoms with van der Waals surface area (Å²) in [4.78, 5) is 12.0. The van der Waals surface area contributed by atoms with Crippen LogP contribution in [0.5, 0.6) is 0 Å². The summed E-state index contributed by atoms with van der Waals surface area (Å²) in [6.07, 6.45) is 0.761. The Morgan fingerprint density at radius 1 is 1.47 bits per heavy atom. The van der Waals surface area contributed by atoms with Gasteiger partial charge in [-0.05, 0) is 55.3 Å². The molecule has 0 fully saturated rings. The van der Waals surface area contributed by atoms with E-state index in [0.29, 0.717) is 5.56 Å². The molecule has 0 aliphatic rings. The lowest BCUT2D eigenvalue weighted by atomic mass is 10.1. The Morgan fingerprint density at radius 2 is 2.12 bits per heavy atom. The van der Waals surface area contributed by atoms with Crippen LogP contribution in [0.4, 0.5) is 0 Å². The standard InChI is InChI=1S/C13H17BrClNO/c1-8-4-5-12(14)11(6-8)13(17)16-10(3)7-9(2)15/h4-6,9-10H,7H2,1-3H3,(H,16,17). The maximum Gasteiger partial charge on any atom is 0.252 e. The van der Waals surface area contributed by atoms with Gasteiger partial charge in [-0.2, -0.15) is 0 Å². The van der Waals surface area contributed by atoms with Crippen LogP contribution in [-0.4, -0.2) is 17.3 Å². The summed E-state index contributed by atoms with van der Waals surface area (Å²) in [5.41, 5.74) is 1.73. The highest BCUT2D eigenvalue weighted by Gasteiger charge is 2.14. The second kappa shape index (κ2) is 6.41. The summed E-state index contributed by atoms with van der Waals surface area (Å²) in [6, 6.07) is 5.79. The molecule has 0 saturated heterocycles. The largest absolute Gasteiger partial charge is 0.349 e. The van der Waals surface area contributed by atoms with Crippen molar-refractivity contribution >= 4 is 33.4 Å². The number of carbonyl (C=O) groups excluding carboxylic acids is 1. The molecule has 4 heteroatoms. The topological polar surface area (TPSA) is 29.1 Å². The maximum absolute atomic E-state index is 12.0. The van der Waals surface area contributed by atoms with Crippen LogP contribution in [0.25, 0.3) is 0 Å². The highest BCUT2D eigenvalue weighted by atomic mass is 79.9. The highest BCUT2D eigenvalue weighted by molar-refractivity contribution is 9.10. The Balaban J connectivity index is 2.73. The minimum atomic E-state index is -0.0645. The molecule has 1 rings (SSSR count). The molecule has 0 heterocycles. The van der Waals surface area contributed by atoms with Gasteiger partial charge in [-0.25, -0.2) is 0 Å². The number of hydrogen-bond acceptors (Lipinski definition) is 1. The van der Waals surface area contributed by atoms with Crippen LogP contribution in [0.15, 0.2) is 22.7 Å². The van der Waals surface area contributed by atoms with Gasteiger partial charge >= 0.3 is 0 Å². The normalized spacial score (nSPS) is 14.2. The quantitative estimate of drug-likeness (QED) is 0.838. The Morgan fingerprint density at radius 3 is 2.71 bits per heavy atom. The van der Waals surface area contributed by atoms with Crippen LogP contribution >= 0.6 is 27.5 Å². The van der Waals surface area contributed by atoms with Crippen molar-refractivity contribution in [1.29, 1.82) is 0 Å². The third-order valence-electron chi connectivity index (χ3n) is 2.42. The first-order chi connectivity index (χ1) is 7.90. The summed E-state index contributed by atoms with van der Waals surface area (Å²) in [7, 11) is 0. The molecule has 0 radical (unpaired) electrons. The van der Waals surface area contributed by atoms with Crippen molar-refractivity contribution in [2.24, 2.45) is 0 Å². The Bertz CT molecular complexity index is 406. The van der Waals surface area contributed by atoms with Crippen molar-refractivity contribution in [2.75, 3.05) is 0 Å². The molecule has 0 aliphatic heterocycles. The van der Waals surface area contributed by atoms with Crippen LogP contribution in [0.2, 0.25) is 0 Å². The zero-order chi connectivity index (χ0) is 13.0. The van der Waals surface area contributed by atoms with E-state index in [0.717, 1.165) is 16.5 Å². The lowest BCUT2D eigenvalue weighted by Gasteiger charge is -2.15. The number of nitrogens with one attached hydrogen (secondary N) is 1. The number of amides is 1. The summed E-state index contributed by atoms with van der Waals surface area (Å²) in [5, 5.41) is 3.00. The fourth-order valence-electron chi connectivity index (χ4n) is 1.66. The van der Waals surface area contributed by atoms with Crippen molar-refractivity contribution in [3.05, 3.63) is 33.8 Å². The zero-order valence-electron chi connectivity index (χ0n) is 10.3. The van der Waals surface area contributed by atoms with Gasteiger partial charge in [0, 0.05) is 15.9 Å². The SMILES string of the molecule is Cc1ccc(Br)c(C(=O)NC(C)CC(C)Cl)c1. The molecule has 0 spiro atoms. The lowest BCUT2D eigenvalue weighted by Crippen LogP contribution is -2.34. The number of hydrogen-bond donors (Lipinski definition) is 1. The summed E-state index contributed by atoms with van der Waals surface area (Å²) in [5.74, 6) is -0.0645. The van der Waals surface area contributed by atoms with Crippen LogP contribution < -0.4 is 5.32 Å². The van der Waals surface area contributed by atoms with Gasteiger partial charge in [0.05, 0.1) is 5.56 Å². The maximum atomic E-state index is 12.0. The number of halogens is 2. The highest BCUT2D eigenvalue weighted by Crippen LogP contribution is 2.18. The zero-order valence-corrected chi connectivity index (χ0v) is 12.6. The van der Waals surface area contributed by atoms with Gasteiger partial charge in [0.1, 0.15) is 0 Å². The van der Waals surface area contributed by atoms with E-state index in [-0.39, 0.29) is 17.3 Å². The summed E-state index contributed by atoms with van der Waals surface area (Å²) >= 11 is 9.28. The minimum absolute atomic E-state index is 0.0613.